The Bertz CT molecular complexity index is 537. The minimum absolute atomic E-state index is 0.335. The second-order valence-corrected chi connectivity index (χ2v) is 4.13. The summed E-state index contributed by atoms with van der Waals surface area (Å²) in [6, 6.07) is 9.08. The van der Waals surface area contributed by atoms with Crippen LogP contribution in [0.2, 0.25) is 0 Å². The molecule has 1 aromatic carbocycles. The Hall–Kier alpha value is -2.14. The summed E-state index contributed by atoms with van der Waals surface area (Å²) in [6.07, 6.45) is 3.50. The van der Waals surface area contributed by atoms with E-state index in [2.05, 4.69) is 4.98 Å². The molecule has 2 aromatic rings. The molecule has 0 radical (unpaired) electrons. The largest absolute Gasteiger partial charge is 0.465 e. The van der Waals surface area contributed by atoms with Crippen LogP contribution in [0.3, 0.4) is 0 Å². The number of hydrogen-bond donors (Lipinski definition) is 1. The number of esters is 1. The van der Waals surface area contributed by atoms with Gasteiger partial charge in [-0.2, -0.15) is 0 Å². The first-order valence-corrected chi connectivity index (χ1v) is 6.21. The van der Waals surface area contributed by atoms with E-state index in [9.17, 15) is 4.79 Å². The molecular weight excluding hydrogens is 242 g/mol. The molecule has 1 heterocycles. The van der Waals surface area contributed by atoms with E-state index in [1.165, 1.54) is 0 Å². The molecule has 5 nitrogen and oxygen atoms in total. The van der Waals surface area contributed by atoms with E-state index in [0.717, 1.165) is 11.4 Å². The number of benzene rings is 1. The molecule has 0 aliphatic heterocycles. The summed E-state index contributed by atoms with van der Waals surface area (Å²) in [5.41, 5.74) is 6.81. The van der Waals surface area contributed by atoms with Crippen molar-refractivity contribution in [3.8, 4) is 11.4 Å². The van der Waals surface area contributed by atoms with Gasteiger partial charge in [-0.1, -0.05) is 30.3 Å². The molecule has 0 bridgehead atoms. The maximum absolute atomic E-state index is 11.5. The van der Waals surface area contributed by atoms with Crippen molar-refractivity contribution in [1.29, 1.82) is 0 Å². The topological polar surface area (TPSA) is 70.1 Å². The highest BCUT2D eigenvalue weighted by molar-refractivity contribution is 5.75. The number of nitrogens with zero attached hydrogens (tertiary/aromatic N) is 2. The van der Waals surface area contributed by atoms with E-state index in [-0.39, 0.29) is 0 Å². The predicted octanol–water partition coefficient (Wildman–Crippen LogP) is 1.44. The zero-order chi connectivity index (χ0) is 13.7. The first-order valence-electron chi connectivity index (χ1n) is 6.21. The number of nitrogens with two attached hydrogens (primary N) is 1. The van der Waals surface area contributed by atoms with E-state index >= 15 is 0 Å². The molecule has 0 saturated heterocycles. The summed E-state index contributed by atoms with van der Waals surface area (Å²) in [5.74, 6) is 0.399. The van der Waals surface area contributed by atoms with Crippen molar-refractivity contribution in [3.05, 3.63) is 42.7 Å². The Kier molecular flexibility index (Phi) is 4.30. The van der Waals surface area contributed by atoms with Crippen LogP contribution in [0.15, 0.2) is 42.7 Å². The van der Waals surface area contributed by atoms with E-state index in [1.807, 2.05) is 34.9 Å². The summed E-state index contributed by atoms with van der Waals surface area (Å²) in [4.78, 5) is 15.8. The van der Waals surface area contributed by atoms with Gasteiger partial charge in [0.15, 0.2) is 0 Å². The van der Waals surface area contributed by atoms with Crippen LogP contribution >= 0.6 is 0 Å². The van der Waals surface area contributed by atoms with Crippen LogP contribution in [-0.4, -0.2) is 28.2 Å². The van der Waals surface area contributed by atoms with Gasteiger partial charge in [0.25, 0.3) is 0 Å². The minimum Gasteiger partial charge on any atom is -0.465 e. The lowest BCUT2D eigenvalue weighted by Gasteiger charge is -2.13. The van der Waals surface area contributed by atoms with Crippen molar-refractivity contribution in [2.75, 3.05) is 6.61 Å². The Labute approximate surface area is 112 Å². The molecule has 0 aliphatic rings. The molecule has 19 heavy (non-hydrogen) atoms. The van der Waals surface area contributed by atoms with E-state index in [1.54, 1.807) is 19.3 Å². The molecule has 0 fully saturated rings. The van der Waals surface area contributed by atoms with Gasteiger partial charge in [0.1, 0.15) is 11.9 Å². The maximum atomic E-state index is 11.5. The van der Waals surface area contributed by atoms with Crippen LogP contribution in [0.4, 0.5) is 0 Å². The highest BCUT2D eigenvalue weighted by atomic mass is 16.5. The molecule has 100 valence electrons. The molecule has 1 unspecified atom stereocenters. The molecular formula is C14H17N3O2. The summed E-state index contributed by atoms with van der Waals surface area (Å²) < 4.78 is 6.76. The monoisotopic (exact) mass is 259 g/mol. The van der Waals surface area contributed by atoms with Gasteiger partial charge in [-0.25, -0.2) is 4.98 Å². The van der Waals surface area contributed by atoms with Crippen molar-refractivity contribution in [1.82, 2.24) is 9.55 Å². The first kappa shape index (κ1) is 13.3. The van der Waals surface area contributed by atoms with E-state index < -0.39 is 12.0 Å². The molecule has 1 atom stereocenters. The predicted molar refractivity (Wildman–Crippen MR) is 72.3 cm³/mol. The minimum atomic E-state index is -0.684. The van der Waals surface area contributed by atoms with Crippen molar-refractivity contribution >= 4 is 5.97 Å². The summed E-state index contributed by atoms with van der Waals surface area (Å²) in [5, 5.41) is 0. The number of rotatable bonds is 5. The average molecular weight is 259 g/mol. The first-order chi connectivity index (χ1) is 9.22. The van der Waals surface area contributed by atoms with Crippen LogP contribution in [0.1, 0.15) is 6.92 Å². The fraction of sp³-hybridized carbons (Fsp3) is 0.286. The third-order valence-corrected chi connectivity index (χ3v) is 2.73. The number of ether oxygens (including phenoxy) is 1. The van der Waals surface area contributed by atoms with Crippen LogP contribution < -0.4 is 5.73 Å². The van der Waals surface area contributed by atoms with Crippen molar-refractivity contribution in [3.63, 3.8) is 0 Å². The Morgan fingerprint density at radius 1 is 1.42 bits per heavy atom. The van der Waals surface area contributed by atoms with Gasteiger partial charge < -0.3 is 15.0 Å². The van der Waals surface area contributed by atoms with Gasteiger partial charge in [-0.3, -0.25) is 4.79 Å². The Balaban J connectivity index is 2.15. The van der Waals surface area contributed by atoms with Crippen LogP contribution in [-0.2, 0) is 16.1 Å². The molecule has 2 rings (SSSR count). The summed E-state index contributed by atoms with van der Waals surface area (Å²) >= 11 is 0. The fourth-order valence-corrected chi connectivity index (χ4v) is 1.84. The highest BCUT2D eigenvalue weighted by Gasteiger charge is 2.17. The third kappa shape index (κ3) is 3.20. The fourth-order valence-electron chi connectivity index (χ4n) is 1.84. The maximum Gasteiger partial charge on any atom is 0.324 e. The molecule has 1 aromatic heterocycles. The lowest BCUT2D eigenvalue weighted by Crippen LogP contribution is -2.36. The van der Waals surface area contributed by atoms with Crippen LogP contribution in [0.25, 0.3) is 11.4 Å². The van der Waals surface area contributed by atoms with E-state index in [4.69, 9.17) is 10.5 Å². The number of hydrogen-bond acceptors (Lipinski definition) is 4. The second-order valence-electron chi connectivity index (χ2n) is 4.13. The number of imidazole rings is 1. The zero-order valence-electron chi connectivity index (χ0n) is 10.8. The molecule has 0 aliphatic carbocycles. The summed E-state index contributed by atoms with van der Waals surface area (Å²) in [7, 11) is 0. The second kappa shape index (κ2) is 6.15. The molecule has 5 heteroatoms. The van der Waals surface area contributed by atoms with Crippen LogP contribution in [0, 0.1) is 0 Å². The van der Waals surface area contributed by atoms with Gasteiger partial charge in [0, 0.05) is 18.0 Å². The van der Waals surface area contributed by atoms with Gasteiger partial charge in [0.05, 0.1) is 13.2 Å². The average Bonchev–Trinajstić information content (AvgIpc) is 2.88. The lowest BCUT2D eigenvalue weighted by molar-refractivity contribution is -0.145. The van der Waals surface area contributed by atoms with Crippen molar-refractivity contribution < 1.29 is 9.53 Å². The SMILES string of the molecule is CCOC(=O)C(N)Cn1ccnc1-c1ccccc1. The molecule has 0 amide bonds. The van der Waals surface area contributed by atoms with Crippen molar-refractivity contribution in [2.24, 2.45) is 5.73 Å². The Morgan fingerprint density at radius 3 is 2.84 bits per heavy atom. The highest BCUT2D eigenvalue weighted by Crippen LogP contribution is 2.16. The van der Waals surface area contributed by atoms with Gasteiger partial charge in [0.2, 0.25) is 0 Å². The van der Waals surface area contributed by atoms with Crippen molar-refractivity contribution in [2.45, 2.75) is 19.5 Å². The number of aromatic nitrogens is 2. The zero-order valence-corrected chi connectivity index (χ0v) is 10.8. The van der Waals surface area contributed by atoms with Crippen LogP contribution in [0.5, 0.6) is 0 Å². The van der Waals surface area contributed by atoms with Gasteiger partial charge in [-0.15, -0.1) is 0 Å². The lowest BCUT2D eigenvalue weighted by atomic mass is 10.2. The molecule has 2 N–H and O–H groups in total. The normalized spacial score (nSPS) is 12.1. The molecule has 0 spiro atoms. The van der Waals surface area contributed by atoms with E-state index in [0.29, 0.717) is 13.2 Å². The number of carbonyl (C=O) groups excluding carboxylic acids is 1. The Morgan fingerprint density at radius 2 is 2.16 bits per heavy atom. The van der Waals surface area contributed by atoms with Gasteiger partial charge in [-0.05, 0) is 6.92 Å². The molecule has 0 saturated carbocycles. The quantitative estimate of drug-likeness (QED) is 0.825. The smallest absolute Gasteiger partial charge is 0.324 e. The number of carbonyl (C=O) groups is 1. The third-order valence-electron chi connectivity index (χ3n) is 2.73. The summed E-state index contributed by atoms with van der Waals surface area (Å²) in [6.45, 7) is 2.45. The standard InChI is InChI=1S/C14H17N3O2/c1-2-19-14(18)12(15)10-17-9-8-16-13(17)11-6-4-3-5-7-11/h3-9,12H,2,10,15H2,1H3. The van der Waals surface area contributed by atoms with Gasteiger partial charge >= 0.3 is 5.97 Å².